The molecule has 0 bridgehead atoms. The Morgan fingerprint density at radius 3 is 2.37 bits per heavy atom. The molecular weight excluding hydrogens is 338 g/mol. The lowest BCUT2D eigenvalue weighted by molar-refractivity contribution is 0.724. The summed E-state index contributed by atoms with van der Waals surface area (Å²) in [6.07, 6.45) is 3.33. The van der Waals surface area contributed by atoms with Crippen molar-refractivity contribution >= 4 is 22.4 Å². The van der Waals surface area contributed by atoms with Crippen LogP contribution in [-0.2, 0) is 0 Å². The average molecular weight is 355 g/mol. The minimum Gasteiger partial charge on any atom is -0.283 e. The van der Waals surface area contributed by atoms with Gasteiger partial charge in [-0.05, 0) is 28.9 Å². The van der Waals surface area contributed by atoms with Gasteiger partial charge in [0, 0.05) is 23.3 Å². The fraction of sp³-hybridized carbons (Fsp3) is 0.0476. The second-order valence-corrected chi connectivity index (χ2v) is 6.08. The molecule has 6 nitrogen and oxygen atoms in total. The number of fused-ring (bicyclic) bond motifs is 1. The molecule has 0 aliphatic rings. The van der Waals surface area contributed by atoms with E-state index in [2.05, 4.69) is 15.1 Å². The van der Waals surface area contributed by atoms with E-state index in [9.17, 15) is 4.91 Å². The van der Waals surface area contributed by atoms with Crippen molar-refractivity contribution in [2.75, 3.05) is 5.01 Å². The molecule has 0 amide bonds. The molecule has 4 rings (SSSR count). The zero-order valence-corrected chi connectivity index (χ0v) is 14.4. The minimum absolute atomic E-state index is 0.285. The Balaban J connectivity index is 1.94. The Labute approximate surface area is 156 Å². The predicted molar refractivity (Wildman–Crippen MR) is 106 cm³/mol. The van der Waals surface area contributed by atoms with Gasteiger partial charge < -0.3 is 0 Å². The number of nitrogens with zero attached hydrogens (tertiary/aromatic N) is 4. The van der Waals surface area contributed by atoms with Crippen molar-refractivity contribution < 1.29 is 0 Å². The van der Waals surface area contributed by atoms with Crippen LogP contribution in [0, 0.1) is 4.91 Å². The summed E-state index contributed by atoms with van der Waals surface area (Å²) in [5, 5.41) is 5.71. The molecule has 27 heavy (non-hydrogen) atoms. The number of nitroso groups, excluding NO2 is 1. The first-order valence-corrected chi connectivity index (χ1v) is 8.50. The maximum absolute atomic E-state index is 11.8. The van der Waals surface area contributed by atoms with E-state index < -0.39 is 6.04 Å². The van der Waals surface area contributed by atoms with Crippen LogP contribution in [0.4, 0.5) is 11.5 Å². The summed E-state index contributed by atoms with van der Waals surface area (Å²) in [6, 6.07) is 22.3. The molecule has 0 saturated carbocycles. The minimum atomic E-state index is -0.444. The standard InChI is InChI=1S/C21H17N5O/c22-26(18-10-4-5-13-23-18)21(16-7-2-1-3-8-16)17-12-11-15-9-6-14-24-19(15)20(17)25-27/h1-14,21H,22H2. The van der Waals surface area contributed by atoms with Crippen molar-refractivity contribution in [1.82, 2.24) is 9.97 Å². The highest BCUT2D eigenvalue weighted by atomic mass is 16.3. The second-order valence-electron chi connectivity index (χ2n) is 6.08. The van der Waals surface area contributed by atoms with E-state index in [0.29, 0.717) is 16.9 Å². The summed E-state index contributed by atoms with van der Waals surface area (Å²) in [7, 11) is 0. The van der Waals surface area contributed by atoms with Gasteiger partial charge >= 0.3 is 0 Å². The molecule has 4 aromatic rings. The fourth-order valence-corrected chi connectivity index (χ4v) is 3.23. The molecule has 0 radical (unpaired) electrons. The largest absolute Gasteiger partial charge is 0.283 e. The number of aromatic nitrogens is 2. The van der Waals surface area contributed by atoms with Crippen LogP contribution in [0.1, 0.15) is 17.2 Å². The number of nitrogens with two attached hydrogens (primary N) is 1. The molecule has 2 N–H and O–H groups in total. The lowest BCUT2D eigenvalue weighted by Crippen LogP contribution is -2.36. The van der Waals surface area contributed by atoms with Crippen molar-refractivity contribution in [1.29, 1.82) is 0 Å². The first-order chi connectivity index (χ1) is 13.3. The van der Waals surface area contributed by atoms with Crippen LogP contribution in [0.2, 0.25) is 0 Å². The third kappa shape index (κ3) is 3.14. The smallest absolute Gasteiger partial charge is 0.143 e. The quantitative estimate of drug-likeness (QED) is 0.324. The Bertz CT molecular complexity index is 1070. The van der Waals surface area contributed by atoms with Crippen molar-refractivity contribution in [2.45, 2.75) is 6.04 Å². The SMILES string of the molecule is NN(c1ccccn1)C(c1ccccc1)c1ccc2cccnc2c1N=O. The van der Waals surface area contributed by atoms with Crippen molar-refractivity contribution in [3.05, 3.63) is 101 Å². The highest BCUT2D eigenvalue weighted by Crippen LogP contribution is 2.38. The Morgan fingerprint density at radius 1 is 0.852 bits per heavy atom. The lowest BCUT2D eigenvalue weighted by atomic mass is 9.95. The average Bonchev–Trinajstić information content (AvgIpc) is 2.75. The molecular formula is C21H17N5O. The third-order valence-electron chi connectivity index (χ3n) is 4.47. The summed E-state index contributed by atoms with van der Waals surface area (Å²) in [5.41, 5.74) is 2.44. The molecule has 6 heteroatoms. The molecule has 2 aromatic carbocycles. The van der Waals surface area contributed by atoms with E-state index >= 15 is 0 Å². The summed E-state index contributed by atoms with van der Waals surface area (Å²) in [5.74, 6) is 7.07. The molecule has 2 aromatic heterocycles. The highest BCUT2D eigenvalue weighted by Gasteiger charge is 2.26. The van der Waals surface area contributed by atoms with Gasteiger partial charge in [-0.3, -0.25) is 9.99 Å². The predicted octanol–water partition coefficient (Wildman–Crippen LogP) is 4.50. The lowest BCUT2D eigenvalue weighted by Gasteiger charge is -2.29. The van der Waals surface area contributed by atoms with Crippen molar-refractivity contribution in [2.24, 2.45) is 11.0 Å². The van der Waals surface area contributed by atoms with Gasteiger partial charge in [-0.15, -0.1) is 4.91 Å². The fourth-order valence-electron chi connectivity index (χ4n) is 3.23. The third-order valence-corrected chi connectivity index (χ3v) is 4.47. The van der Waals surface area contributed by atoms with Gasteiger partial charge in [0.05, 0.1) is 11.6 Å². The number of anilines is 1. The van der Waals surface area contributed by atoms with Crippen molar-refractivity contribution in [3.8, 4) is 0 Å². The van der Waals surface area contributed by atoms with Crippen LogP contribution in [0.25, 0.3) is 10.9 Å². The van der Waals surface area contributed by atoms with Crippen LogP contribution in [-0.4, -0.2) is 9.97 Å². The number of hydrogen-bond acceptors (Lipinski definition) is 6. The van der Waals surface area contributed by atoms with Gasteiger partial charge in [-0.25, -0.2) is 10.8 Å². The molecule has 0 aliphatic heterocycles. The van der Waals surface area contributed by atoms with Crippen LogP contribution < -0.4 is 10.9 Å². The zero-order valence-electron chi connectivity index (χ0n) is 14.4. The molecule has 0 fully saturated rings. The van der Waals surface area contributed by atoms with Gasteiger partial charge in [-0.1, -0.05) is 54.6 Å². The number of hydrogen-bond donors (Lipinski definition) is 1. The maximum atomic E-state index is 11.8. The number of rotatable bonds is 5. The topological polar surface area (TPSA) is 84.5 Å². The van der Waals surface area contributed by atoms with Crippen LogP contribution in [0.3, 0.4) is 0 Å². The Morgan fingerprint density at radius 2 is 1.63 bits per heavy atom. The van der Waals surface area contributed by atoms with E-state index in [1.807, 2.05) is 72.8 Å². The first kappa shape index (κ1) is 16.8. The van der Waals surface area contributed by atoms with Crippen LogP contribution >= 0.6 is 0 Å². The van der Waals surface area contributed by atoms with E-state index in [0.717, 1.165) is 10.9 Å². The van der Waals surface area contributed by atoms with Gasteiger partial charge in [-0.2, -0.15) is 0 Å². The highest BCUT2D eigenvalue weighted by molar-refractivity contribution is 5.91. The number of benzene rings is 2. The summed E-state index contributed by atoms with van der Waals surface area (Å²) in [4.78, 5) is 20.5. The summed E-state index contributed by atoms with van der Waals surface area (Å²) >= 11 is 0. The van der Waals surface area contributed by atoms with Crippen LogP contribution in [0.15, 0.2) is 90.4 Å². The van der Waals surface area contributed by atoms with E-state index in [-0.39, 0.29) is 5.69 Å². The summed E-state index contributed by atoms with van der Waals surface area (Å²) < 4.78 is 0. The second kappa shape index (κ2) is 7.31. The van der Waals surface area contributed by atoms with Gasteiger partial charge in [0.1, 0.15) is 11.5 Å². The van der Waals surface area contributed by atoms with E-state index in [1.54, 1.807) is 17.4 Å². The van der Waals surface area contributed by atoms with Crippen LogP contribution in [0.5, 0.6) is 0 Å². The van der Waals surface area contributed by atoms with Gasteiger partial charge in [0.25, 0.3) is 0 Å². The number of pyridine rings is 2. The maximum Gasteiger partial charge on any atom is 0.143 e. The number of hydrazine groups is 1. The Hall–Kier alpha value is -3.64. The van der Waals surface area contributed by atoms with Crippen molar-refractivity contribution in [3.63, 3.8) is 0 Å². The zero-order chi connectivity index (χ0) is 18.6. The molecule has 1 atom stereocenters. The van der Waals surface area contributed by atoms with E-state index in [4.69, 9.17) is 5.84 Å². The molecule has 132 valence electrons. The first-order valence-electron chi connectivity index (χ1n) is 8.50. The van der Waals surface area contributed by atoms with Gasteiger partial charge in [0.2, 0.25) is 0 Å². The molecule has 0 saturated heterocycles. The molecule has 0 spiro atoms. The molecule has 1 unspecified atom stereocenters. The van der Waals surface area contributed by atoms with Gasteiger partial charge in [0.15, 0.2) is 0 Å². The molecule has 0 aliphatic carbocycles. The monoisotopic (exact) mass is 355 g/mol. The summed E-state index contributed by atoms with van der Waals surface area (Å²) in [6.45, 7) is 0. The molecule has 2 heterocycles. The Kier molecular flexibility index (Phi) is 4.55. The van der Waals surface area contributed by atoms with E-state index in [1.165, 1.54) is 0 Å². The normalized spacial score (nSPS) is 11.9.